The summed E-state index contributed by atoms with van der Waals surface area (Å²) in [7, 11) is 0. The van der Waals surface area contributed by atoms with Gasteiger partial charge in [-0.2, -0.15) is 0 Å². The summed E-state index contributed by atoms with van der Waals surface area (Å²) >= 11 is 5.71. The third-order valence-corrected chi connectivity index (χ3v) is 2.01. The molecule has 0 saturated heterocycles. The van der Waals surface area contributed by atoms with Gasteiger partial charge in [0.15, 0.2) is 0 Å². The lowest BCUT2D eigenvalue weighted by molar-refractivity contribution is -0.121. The molecular weight excluding hydrogens is 202 g/mol. The van der Waals surface area contributed by atoms with Gasteiger partial charge < -0.3 is 5.32 Å². The second-order valence-corrected chi connectivity index (χ2v) is 3.32. The second-order valence-electron chi connectivity index (χ2n) is 2.88. The Balaban J connectivity index is 2.60. The lowest BCUT2D eigenvalue weighted by Gasteiger charge is -2.13. The molecule has 4 N–H and O–H groups in total. The molecule has 0 fully saturated rings. The lowest BCUT2D eigenvalue weighted by atomic mass is 10.2. The van der Waals surface area contributed by atoms with Crippen molar-refractivity contribution < 1.29 is 4.79 Å². The van der Waals surface area contributed by atoms with E-state index in [4.69, 9.17) is 17.4 Å². The average Bonchev–Trinajstić information content (AvgIpc) is 2.20. The first-order valence-electron chi connectivity index (χ1n) is 4.16. The Labute approximate surface area is 87.4 Å². The Bertz CT molecular complexity index is 312. The normalized spacial score (nSPS) is 11.9. The maximum atomic E-state index is 11.1. The molecule has 4 nitrogen and oxygen atoms in total. The molecule has 0 radical (unpaired) electrons. The number of carbonyl (C=O) groups is 1. The molecule has 1 amide bonds. The van der Waals surface area contributed by atoms with Crippen molar-refractivity contribution in [3.63, 3.8) is 0 Å². The van der Waals surface area contributed by atoms with E-state index in [0.29, 0.717) is 5.02 Å². The third-order valence-electron chi connectivity index (χ3n) is 1.76. The quantitative estimate of drug-likeness (QED) is 0.401. The molecule has 1 aromatic carbocycles. The van der Waals surface area contributed by atoms with Gasteiger partial charge in [-0.25, -0.2) is 5.84 Å². The number of nitrogens with one attached hydrogen (secondary N) is 2. The molecule has 5 heteroatoms. The minimum atomic E-state index is -0.374. The Morgan fingerprint density at radius 2 is 2.00 bits per heavy atom. The Kier molecular flexibility index (Phi) is 3.73. The zero-order chi connectivity index (χ0) is 10.6. The number of rotatable bonds is 3. The van der Waals surface area contributed by atoms with E-state index in [-0.39, 0.29) is 11.9 Å². The molecule has 0 aliphatic heterocycles. The lowest BCUT2D eigenvalue weighted by Crippen LogP contribution is -2.41. The van der Waals surface area contributed by atoms with Gasteiger partial charge in [0.1, 0.15) is 6.04 Å². The Morgan fingerprint density at radius 1 is 1.43 bits per heavy atom. The molecule has 0 unspecified atom stereocenters. The number of hydrogen-bond donors (Lipinski definition) is 3. The first-order chi connectivity index (χ1) is 6.63. The molecular formula is C9H12ClN3O. The Morgan fingerprint density at radius 3 is 2.50 bits per heavy atom. The number of anilines is 1. The van der Waals surface area contributed by atoms with Gasteiger partial charge >= 0.3 is 0 Å². The van der Waals surface area contributed by atoms with Crippen LogP contribution in [-0.2, 0) is 4.79 Å². The monoisotopic (exact) mass is 213 g/mol. The molecule has 76 valence electrons. The van der Waals surface area contributed by atoms with Crippen molar-refractivity contribution in [3.05, 3.63) is 29.3 Å². The molecule has 14 heavy (non-hydrogen) atoms. The van der Waals surface area contributed by atoms with Crippen LogP contribution in [0.1, 0.15) is 6.92 Å². The van der Waals surface area contributed by atoms with Crippen molar-refractivity contribution in [2.45, 2.75) is 13.0 Å². The van der Waals surface area contributed by atoms with Gasteiger partial charge in [0, 0.05) is 10.7 Å². The number of nitrogens with two attached hydrogens (primary N) is 1. The van der Waals surface area contributed by atoms with Crippen LogP contribution in [-0.4, -0.2) is 11.9 Å². The van der Waals surface area contributed by atoms with Gasteiger partial charge in [-0.3, -0.25) is 10.2 Å². The first-order valence-corrected chi connectivity index (χ1v) is 4.54. The number of benzene rings is 1. The van der Waals surface area contributed by atoms with E-state index >= 15 is 0 Å². The van der Waals surface area contributed by atoms with Crippen LogP contribution in [0.4, 0.5) is 5.69 Å². The highest BCUT2D eigenvalue weighted by molar-refractivity contribution is 6.30. The van der Waals surface area contributed by atoms with Crippen molar-refractivity contribution >= 4 is 23.2 Å². The first kappa shape index (κ1) is 10.8. The SMILES string of the molecule is C[C@@H](Nc1ccc(Cl)cc1)C(=O)NN. The predicted molar refractivity (Wildman–Crippen MR) is 56.9 cm³/mol. The van der Waals surface area contributed by atoms with E-state index in [2.05, 4.69) is 10.7 Å². The summed E-state index contributed by atoms with van der Waals surface area (Å²) in [6.45, 7) is 1.72. The van der Waals surface area contributed by atoms with Crippen LogP contribution in [0.2, 0.25) is 5.02 Å². The van der Waals surface area contributed by atoms with Gasteiger partial charge in [0.25, 0.3) is 5.91 Å². The number of hydrogen-bond acceptors (Lipinski definition) is 3. The van der Waals surface area contributed by atoms with Gasteiger partial charge in [0.05, 0.1) is 0 Å². The standard InChI is InChI=1S/C9H12ClN3O/c1-6(9(14)13-11)12-8-4-2-7(10)3-5-8/h2-6,12H,11H2,1H3,(H,13,14)/t6-/m1/s1. The van der Waals surface area contributed by atoms with Gasteiger partial charge in [-0.05, 0) is 31.2 Å². The summed E-state index contributed by atoms with van der Waals surface area (Å²) in [5.41, 5.74) is 2.89. The Hall–Kier alpha value is -1.26. The summed E-state index contributed by atoms with van der Waals surface area (Å²) in [4.78, 5) is 11.1. The van der Waals surface area contributed by atoms with Crippen molar-refractivity contribution in [1.82, 2.24) is 5.43 Å². The smallest absolute Gasteiger partial charge is 0.256 e. The van der Waals surface area contributed by atoms with E-state index in [9.17, 15) is 4.79 Å². The summed E-state index contributed by atoms with van der Waals surface area (Å²) in [5.74, 6) is 4.73. The largest absolute Gasteiger partial charge is 0.374 e. The van der Waals surface area contributed by atoms with Crippen LogP contribution in [0, 0.1) is 0 Å². The van der Waals surface area contributed by atoms with Gasteiger partial charge in [-0.15, -0.1) is 0 Å². The third kappa shape index (κ3) is 2.90. The summed E-state index contributed by atoms with van der Waals surface area (Å²) in [5, 5.41) is 3.63. The molecule has 1 rings (SSSR count). The molecule has 0 aliphatic rings. The zero-order valence-corrected chi connectivity index (χ0v) is 8.51. The fourth-order valence-corrected chi connectivity index (χ4v) is 1.11. The van der Waals surface area contributed by atoms with Crippen LogP contribution in [0.15, 0.2) is 24.3 Å². The minimum absolute atomic E-state index is 0.264. The molecule has 0 aromatic heterocycles. The average molecular weight is 214 g/mol. The molecule has 1 aromatic rings. The number of hydrazine groups is 1. The number of halogens is 1. The van der Waals surface area contributed by atoms with E-state index < -0.39 is 0 Å². The van der Waals surface area contributed by atoms with Crippen LogP contribution >= 0.6 is 11.6 Å². The summed E-state index contributed by atoms with van der Waals surface area (Å²) < 4.78 is 0. The fraction of sp³-hybridized carbons (Fsp3) is 0.222. The van der Waals surface area contributed by atoms with E-state index in [0.717, 1.165) is 5.69 Å². The van der Waals surface area contributed by atoms with Crippen molar-refractivity contribution in [3.8, 4) is 0 Å². The molecule has 0 heterocycles. The minimum Gasteiger partial charge on any atom is -0.374 e. The number of carbonyl (C=O) groups excluding carboxylic acids is 1. The van der Waals surface area contributed by atoms with Gasteiger partial charge in [0.2, 0.25) is 0 Å². The summed E-state index contributed by atoms with van der Waals surface area (Å²) in [6.07, 6.45) is 0. The second kappa shape index (κ2) is 4.83. The van der Waals surface area contributed by atoms with E-state index in [1.807, 2.05) is 0 Å². The zero-order valence-electron chi connectivity index (χ0n) is 7.75. The van der Waals surface area contributed by atoms with Crippen LogP contribution in [0.5, 0.6) is 0 Å². The number of amides is 1. The van der Waals surface area contributed by atoms with Crippen LogP contribution < -0.4 is 16.6 Å². The molecule has 0 spiro atoms. The maximum Gasteiger partial charge on any atom is 0.256 e. The van der Waals surface area contributed by atoms with Crippen molar-refractivity contribution in [2.75, 3.05) is 5.32 Å². The van der Waals surface area contributed by atoms with Crippen molar-refractivity contribution in [2.24, 2.45) is 5.84 Å². The molecule has 0 aliphatic carbocycles. The molecule has 0 saturated carbocycles. The highest BCUT2D eigenvalue weighted by Gasteiger charge is 2.09. The summed E-state index contributed by atoms with van der Waals surface area (Å²) in [6, 6.07) is 6.71. The molecule has 1 atom stereocenters. The maximum absolute atomic E-state index is 11.1. The van der Waals surface area contributed by atoms with Crippen LogP contribution in [0.3, 0.4) is 0 Å². The van der Waals surface area contributed by atoms with Crippen molar-refractivity contribution in [1.29, 1.82) is 0 Å². The molecule has 0 bridgehead atoms. The highest BCUT2D eigenvalue weighted by Crippen LogP contribution is 2.13. The van der Waals surface area contributed by atoms with E-state index in [1.54, 1.807) is 31.2 Å². The fourth-order valence-electron chi connectivity index (χ4n) is 0.987. The van der Waals surface area contributed by atoms with Crippen LogP contribution in [0.25, 0.3) is 0 Å². The predicted octanol–water partition coefficient (Wildman–Crippen LogP) is 1.13. The topological polar surface area (TPSA) is 67.2 Å². The van der Waals surface area contributed by atoms with Gasteiger partial charge in [-0.1, -0.05) is 11.6 Å². The highest BCUT2D eigenvalue weighted by atomic mass is 35.5. The van der Waals surface area contributed by atoms with E-state index in [1.165, 1.54) is 0 Å².